The highest BCUT2D eigenvalue weighted by atomic mass is 16.6. The first-order chi connectivity index (χ1) is 34.5. The van der Waals surface area contributed by atoms with Crippen LogP contribution in [0.1, 0.15) is 284 Å². The van der Waals surface area contributed by atoms with Crippen LogP contribution in [-0.4, -0.2) is 37.2 Å². The predicted octanol–water partition coefficient (Wildman–Crippen LogP) is 19.9. The summed E-state index contributed by atoms with van der Waals surface area (Å²) in [4.78, 5) is 38.2. The molecule has 0 saturated heterocycles. The van der Waals surface area contributed by atoms with Crippen molar-refractivity contribution < 1.29 is 28.6 Å². The van der Waals surface area contributed by atoms with Gasteiger partial charge in [-0.05, 0) is 116 Å². The van der Waals surface area contributed by atoms with Crippen molar-refractivity contribution in [3.63, 3.8) is 0 Å². The highest BCUT2D eigenvalue weighted by Crippen LogP contribution is 2.15. The Morgan fingerprint density at radius 3 is 0.843 bits per heavy atom. The molecule has 6 nitrogen and oxygen atoms in total. The first kappa shape index (κ1) is 66.6. The van der Waals surface area contributed by atoms with Crippen LogP contribution in [0.5, 0.6) is 0 Å². The second-order valence-corrected chi connectivity index (χ2v) is 19.5. The molecule has 0 aliphatic heterocycles. The lowest BCUT2D eigenvalue weighted by Crippen LogP contribution is -2.30. The molecule has 0 aromatic heterocycles. The van der Waals surface area contributed by atoms with Crippen molar-refractivity contribution in [1.82, 2.24) is 0 Å². The molecule has 0 saturated carbocycles. The quantitative estimate of drug-likeness (QED) is 0.0261. The molecule has 0 spiro atoms. The fourth-order valence-corrected chi connectivity index (χ4v) is 8.08. The van der Waals surface area contributed by atoms with Crippen molar-refractivity contribution in [2.24, 2.45) is 0 Å². The molecule has 0 fully saturated rings. The Kier molecular flexibility index (Phi) is 55.3. The summed E-state index contributed by atoms with van der Waals surface area (Å²) in [6.07, 6.45) is 75.6. The molecule has 402 valence electrons. The second kappa shape index (κ2) is 58.2. The molecule has 70 heavy (non-hydrogen) atoms. The number of unbranched alkanes of at least 4 members (excludes halogenated alkanes) is 28. The van der Waals surface area contributed by atoms with Gasteiger partial charge in [0.2, 0.25) is 0 Å². The van der Waals surface area contributed by atoms with E-state index >= 15 is 0 Å². The van der Waals surface area contributed by atoms with E-state index in [1.54, 1.807) is 0 Å². The van der Waals surface area contributed by atoms with Gasteiger partial charge in [0.05, 0.1) is 0 Å². The van der Waals surface area contributed by atoms with Crippen LogP contribution in [0.2, 0.25) is 0 Å². The van der Waals surface area contributed by atoms with Crippen molar-refractivity contribution in [1.29, 1.82) is 0 Å². The van der Waals surface area contributed by atoms with Crippen LogP contribution in [0.4, 0.5) is 0 Å². The van der Waals surface area contributed by atoms with E-state index in [2.05, 4.69) is 106 Å². The van der Waals surface area contributed by atoms with Crippen LogP contribution < -0.4 is 0 Å². The monoisotopic (exact) mass is 975 g/mol. The van der Waals surface area contributed by atoms with Gasteiger partial charge in [-0.15, -0.1) is 0 Å². The third kappa shape index (κ3) is 55.5. The average molecular weight is 976 g/mol. The SMILES string of the molecule is CCCC/C=C\C/C=C\CCCCCCCC(=O)OCC(COC(=O)CCCCCCCC/C=C\C/C=C\C/C=C\CCCCC)OC(=O)CCCCCCCCCCC/C=C\C/C=C\CCCCC. The number of hydrogen-bond donors (Lipinski definition) is 0. The molecule has 1 unspecified atom stereocenters. The fourth-order valence-electron chi connectivity index (χ4n) is 8.08. The maximum absolute atomic E-state index is 12.9. The molecule has 0 rings (SSSR count). The first-order valence-electron chi connectivity index (χ1n) is 29.6. The maximum Gasteiger partial charge on any atom is 0.306 e. The molecule has 0 aliphatic rings. The number of esters is 3. The molecular formula is C64H110O6. The molecule has 0 N–H and O–H groups in total. The number of allylic oxidation sites excluding steroid dienone is 14. The Balaban J connectivity index is 4.42. The zero-order valence-corrected chi connectivity index (χ0v) is 46.0. The lowest BCUT2D eigenvalue weighted by Gasteiger charge is -2.18. The molecule has 6 heteroatoms. The molecular weight excluding hydrogens is 865 g/mol. The van der Waals surface area contributed by atoms with E-state index in [0.29, 0.717) is 19.3 Å². The summed E-state index contributed by atoms with van der Waals surface area (Å²) in [5.41, 5.74) is 0. The average Bonchev–Trinajstić information content (AvgIpc) is 3.36. The van der Waals surface area contributed by atoms with Crippen LogP contribution in [-0.2, 0) is 28.6 Å². The zero-order chi connectivity index (χ0) is 50.7. The number of rotatable bonds is 53. The Hall–Kier alpha value is -3.41. The van der Waals surface area contributed by atoms with Gasteiger partial charge in [0.15, 0.2) is 6.10 Å². The van der Waals surface area contributed by atoms with Gasteiger partial charge in [0.25, 0.3) is 0 Å². The smallest absolute Gasteiger partial charge is 0.306 e. The summed E-state index contributed by atoms with van der Waals surface area (Å²) >= 11 is 0. The van der Waals surface area contributed by atoms with E-state index in [9.17, 15) is 14.4 Å². The summed E-state index contributed by atoms with van der Waals surface area (Å²) in [5.74, 6) is -0.912. The number of hydrogen-bond acceptors (Lipinski definition) is 6. The summed E-state index contributed by atoms with van der Waals surface area (Å²) in [6, 6.07) is 0. The van der Waals surface area contributed by atoms with Crippen LogP contribution in [0.25, 0.3) is 0 Å². The molecule has 0 heterocycles. The van der Waals surface area contributed by atoms with E-state index < -0.39 is 6.10 Å². The largest absolute Gasteiger partial charge is 0.462 e. The topological polar surface area (TPSA) is 78.9 Å². The zero-order valence-electron chi connectivity index (χ0n) is 46.0. The number of carbonyl (C=O) groups excluding carboxylic acids is 3. The minimum absolute atomic E-state index is 0.0895. The van der Waals surface area contributed by atoms with Crippen molar-refractivity contribution in [2.75, 3.05) is 13.2 Å². The second-order valence-electron chi connectivity index (χ2n) is 19.5. The van der Waals surface area contributed by atoms with E-state index in [1.165, 1.54) is 135 Å². The molecule has 1 atom stereocenters. The van der Waals surface area contributed by atoms with Gasteiger partial charge in [-0.3, -0.25) is 14.4 Å². The van der Waals surface area contributed by atoms with Crippen LogP contribution >= 0.6 is 0 Å². The van der Waals surface area contributed by atoms with Gasteiger partial charge in [-0.1, -0.05) is 234 Å². The van der Waals surface area contributed by atoms with Gasteiger partial charge in [0.1, 0.15) is 13.2 Å². The third-order valence-corrected chi connectivity index (χ3v) is 12.6. The van der Waals surface area contributed by atoms with Crippen molar-refractivity contribution in [3.05, 3.63) is 85.1 Å². The van der Waals surface area contributed by atoms with Gasteiger partial charge >= 0.3 is 17.9 Å². The molecule has 0 aromatic carbocycles. The highest BCUT2D eigenvalue weighted by molar-refractivity contribution is 5.71. The molecule has 0 aromatic rings. The van der Waals surface area contributed by atoms with Crippen molar-refractivity contribution in [3.8, 4) is 0 Å². The minimum atomic E-state index is -0.791. The predicted molar refractivity (Wildman–Crippen MR) is 302 cm³/mol. The number of ether oxygens (including phenoxy) is 3. The molecule has 0 aliphatic carbocycles. The normalized spacial score (nSPS) is 12.7. The van der Waals surface area contributed by atoms with Crippen LogP contribution in [0.15, 0.2) is 85.1 Å². The molecule has 0 amide bonds. The van der Waals surface area contributed by atoms with E-state index in [4.69, 9.17) is 14.2 Å². The number of carbonyl (C=O) groups is 3. The van der Waals surface area contributed by atoms with Gasteiger partial charge < -0.3 is 14.2 Å². The molecule has 0 radical (unpaired) electrons. The first-order valence-corrected chi connectivity index (χ1v) is 29.6. The van der Waals surface area contributed by atoms with Gasteiger partial charge in [-0.2, -0.15) is 0 Å². The summed E-state index contributed by atoms with van der Waals surface area (Å²) in [6.45, 7) is 6.54. The van der Waals surface area contributed by atoms with Crippen molar-refractivity contribution >= 4 is 17.9 Å². The standard InChI is InChI=1S/C64H110O6/c1-4-7-10-13-16-19-22-25-28-30-32-34-36-39-42-45-48-51-54-57-63(66)69-60-61(59-68-62(65)56-53-50-47-44-41-38-27-24-21-18-15-12-9-6-3)70-64(67)58-55-52-49-46-43-40-37-35-33-31-29-26-23-20-17-14-11-8-5-2/h15-20,24-29,32,34,61H,4-14,21-23,30-31,33,35-60H2,1-3H3/b18-15-,19-16-,20-17-,27-24-,28-25-,29-26-,34-32-. The lowest BCUT2D eigenvalue weighted by atomic mass is 10.1. The van der Waals surface area contributed by atoms with Crippen LogP contribution in [0, 0.1) is 0 Å². The Morgan fingerprint density at radius 1 is 0.286 bits per heavy atom. The highest BCUT2D eigenvalue weighted by Gasteiger charge is 2.19. The summed E-state index contributed by atoms with van der Waals surface area (Å²) in [7, 11) is 0. The fraction of sp³-hybridized carbons (Fsp3) is 0.734. The van der Waals surface area contributed by atoms with Crippen molar-refractivity contribution in [2.45, 2.75) is 290 Å². The van der Waals surface area contributed by atoms with E-state index in [0.717, 1.165) is 109 Å². The van der Waals surface area contributed by atoms with Gasteiger partial charge in [-0.25, -0.2) is 0 Å². The Morgan fingerprint density at radius 2 is 0.529 bits per heavy atom. The summed E-state index contributed by atoms with van der Waals surface area (Å²) in [5, 5.41) is 0. The van der Waals surface area contributed by atoms with E-state index in [-0.39, 0.29) is 31.1 Å². The Bertz CT molecular complexity index is 1350. The minimum Gasteiger partial charge on any atom is -0.462 e. The third-order valence-electron chi connectivity index (χ3n) is 12.6. The maximum atomic E-state index is 12.9. The summed E-state index contributed by atoms with van der Waals surface area (Å²) < 4.78 is 16.9. The van der Waals surface area contributed by atoms with Gasteiger partial charge in [0, 0.05) is 19.3 Å². The van der Waals surface area contributed by atoms with E-state index in [1.807, 2.05) is 0 Å². The lowest BCUT2D eigenvalue weighted by molar-refractivity contribution is -0.167. The van der Waals surface area contributed by atoms with Crippen LogP contribution in [0.3, 0.4) is 0 Å². The molecule has 0 bridgehead atoms. The Labute approximate surface area is 433 Å².